The van der Waals surface area contributed by atoms with Crippen molar-refractivity contribution in [1.82, 2.24) is 16.0 Å². The zero-order valence-electron chi connectivity index (χ0n) is 18.3. The van der Waals surface area contributed by atoms with Gasteiger partial charge in [0.15, 0.2) is 0 Å². The van der Waals surface area contributed by atoms with Gasteiger partial charge in [0.05, 0.1) is 6.04 Å². The minimum Gasteiger partial charge on any atom is -0.350 e. The van der Waals surface area contributed by atoms with E-state index in [1.165, 1.54) is 16.7 Å². The fraction of sp³-hybridized carbons (Fsp3) is 0.259. The number of hydrogen-bond donors (Lipinski definition) is 3. The molecule has 3 aromatic carbocycles. The number of carbonyl (C=O) groups excluding carboxylic acids is 2. The average molecular weight is 428 g/mol. The summed E-state index contributed by atoms with van der Waals surface area (Å²) in [6.45, 7) is 3.11. The van der Waals surface area contributed by atoms with Gasteiger partial charge in [0, 0.05) is 19.5 Å². The molecular weight excluding hydrogens is 398 g/mol. The van der Waals surface area contributed by atoms with Crippen LogP contribution in [-0.4, -0.2) is 23.9 Å². The van der Waals surface area contributed by atoms with Crippen molar-refractivity contribution < 1.29 is 9.59 Å². The second kappa shape index (κ2) is 10.2. The van der Waals surface area contributed by atoms with Crippen LogP contribution in [0.5, 0.6) is 0 Å². The van der Waals surface area contributed by atoms with E-state index < -0.39 is 6.04 Å². The van der Waals surface area contributed by atoms with Crippen LogP contribution < -0.4 is 16.0 Å². The number of amides is 2. The van der Waals surface area contributed by atoms with Crippen LogP contribution in [0.4, 0.5) is 0 Å². The summed E-state index contributed by atoms with van der Waals surface area (Å²) in [5.74, 6) is -0.329. The van der Waals surface area contributed by atoms with E-state index in [4.69, 9.17) is 0 Å². The summed E-state index contributed by atoms with van der Waals surface area (Å²) >= 11 is 0. The van der Waals surface area contributed by atoms with E-state index in [1.807, 2.05) is 73.7 Å². The molecule has 0 fully saturated rings. The molecule has 0 radical (unpaired) electrons. The average Bonchev–Trinajstić information content (AvgIpc) is 2.83. The van der Waals surface area contributed by atoms with E-state index >= 15 is 0 Å². The molecule has 2 amide bonds. The fourth-order valence-corrected chi connectivity index (χ4v) is 3.99. The Morgan fingerprint density at radius 3 is 2.34 bits per heavy atom. The molecule has 2 unspecified atom stereocenters. The lowest BCUT2D eigenvalue weighted by molar-refractivity contribution is -0.130. The van der Waals surface area contributed by atoms with Crippen LogP contribution in [0.15, 0.2) is 78.9 Å². The Balaban J connectivity index is 1.43. The molecule has 2 atom stereocenters. The first kappa shape index (κ1) is 21.8. The summed E-state index contributed by atoms with van der Waals surface area (Å²) in [5, 5.41) is 9.29. The lowest BCUT2D eigenvalue weighted by Crippen LogP contribution is -2.54. The maximum atomic E-state index is 13.1. The highest BCUT2D eigenvalue weighted by atomic mass is 16.2. The quantitative estimate of drug-likeness (QED) is 0.543. The molecule has 0 aromatic heterocycles. The van der Waals surface area contributed by atoms with Crippen LogP contribution in [-0.2, 0) is 35.5 Å². The first-order valence-electron chi connectivity index (χ1n) is 11.1. The van der Waals surface area contributed by atoms with Crippen LogP contribution >= 0.6 is 0 Å². The molecule has 0 bridgehead atoms. The van der Waals surface area contributed by atoms with Crippen molar-refractivity contribution in [2.45, 2.75) is 44.9 Å². The third-order valence-electron chi connectivity index (χ3n) is 5.90. The number of hydrogen-bond acceptors (Lipinski definition) is 3. The van der Waals surface area contributed by atoms with Crippen LogP contribution in [0.25, 0.3) is 0 Å². The minimum atomic E-state index is -0.644. The topological polar surface area (TPSA) is 70.2 Å². The van der Waals surface area contributed by atoms with E-state index in [0.717, 1.165) is 11.1 Å². The number of aryl methyl sites for hydroxylation is 1. The summed E-state index contributed by atoms with van der Waals surface area (Å²) in [6, 6.07) is 25.0. The SMILES string of the molecule is Cc1ccc(CNC(=O)C(Cc2ccccc2)NC(=O)C2Cc3ccccc3CN2)cc1. The van der Waals surface area contributed by atoms with Crippen molar-refractivity contribution >= 4 is 11.8 Å². The number of carbonyl (C=O) groups is 2. The van der Waals surface area contributed by atoms with Gasteiger partial charge in [0.25, 0.3) is 0 Å². The summed E-state index contributed by atoms with van der Waals surface area (Å²) in [4.78, 5) is 26.1. The zero-order valence-corrected chi connectivity index (χ0v) is 18.3. The molecule has 5 heteroatoms. The van der Waals surface area contributed by atoms with Gasteiger partial charge in [-0.15, -0.1) is 0 Å². The molecule has 1 aliphatic heterocycles. The number of rotatable bonds is 7. The van der Waals surface area contributed by atoms with E-state index in [1.54, 1.807) is 0 Å². The predicted octanol–water partition coefficient (Wildman–Crippen LogP) is 3.05. The number of nitrogens with one attached hydrogen (secondary N) is 3. The van der Waals surface area contributed by atoms with Crippen molar-refractivity contribution in [1.29, 1.82) is 0 Å². The Hall–Kier alpha value is -3.44. The van der Waals surface area contributed by atoms with Gasteiger partial charge in [-0.2, -0.15) is 0 Å². The third kappa shape index (κ3) is 5.62. The standard InChI is InChI=1S/C27H29N3O2/c1-19-11-13-21(14-12-19)17-29-26(31)25(15-20-7-3-2-4-8-20)30-27(32)24-16-22-9-5-6-10-23(22)18-28-24/h2-14,24-25,28H,15-18H2,1H3,(H,29,31)(H,30,32). The maximum absolute atomic E-state index is 13.1. The molecule has 3 N–H and O–H groups in total. The van der Waals surface area contributed by atoms with Crippen molar-refractivity contribution in [2.24, 2.45) is 0 Å². The molecule has 1 aliphatic rings. The molecule has 0 saturated carbocycles. The lowest BCUT2D eigenvalue weighted by atomic mass is 9.95. The third-order valence-corrected chi connectivity index (χ3v) is 5.90. The van der Waals surface area contributed by atoms with Gasteiger partial charge < -0.3 is 16.0 Å². The zero-order chi connectivity index (χ0) is 22.3. The van der Waals surface area contributed by atoms with E-state index in [2.05, 4.69) is 28.1 Å². The van der Waals surface area contributed by atoms with Gasteiger partial charge in [0.1, 0.15) is 6.04 Å². The Kier molecular flexibility index (Phi) is 6.97. The molecule has 1 heterocycles. The van der Waals surface area contributed by atoms with Gasteiger partial charge in [-0.3, -0.25) is 9.59 Å². The second-order valence-electron chi connectivity index (χ2n) is 8.36. The number of benzene rings is 3. The molecule has 164 valence electrons. The summed E-state index contributed by atoms with van der Waals surface area (Å²) in [6.07, 6.45) is 1.06. The second-order valence-corrected chi connectivity index (χ2v) is 8.36. The Morgan fingerprint density at radius 1 is 0.906 bits per heavy atom. The molecule has 3 aromatic rings. The van der Waals surface area contributed by atoms with Gasteiger partial charge in [-0.05, 0) is 35.6 Å². The van der Waals surface area contributed by atoms with Gasteiger partial charge in [-0.1, -0.05) is 84.4 Å². The van der Waals surface area contributed by atoms with Gasteiger partial charge in [0.2, 0.25) is 11.8 Å². The fourth-order valence-electron chi connectivity index (χ4n) is 3.99. The summed E-state index contributed by atoms with van der Waals surface area (Å²) in [5.41, 5.74) is 5.60. The summed E-state index contributed by atoms with van der Waals surface area (Å²) in [7, 11) is 0. The predicted molar refractivity (Wildman–Crippen MR) is 126 cm³/mol. The number of fused-ring (bicyclic) bond motifs is 1. The van der Waals surface area contributed by atoms with Crippen molar-refractivity contribution in [3.63, 3.8) is 0 Å². The van der Waals surface area contributed by atoms with Crippen LogP contribution in [0.2, 0.25) is 0 Å². The van der Waals surface area contributed by atoms with Crippen LogP contribution in [0.3, 0.4) is 0 Å². The molecule has 4 rings (SSSR count). The van der Waals surface area contributed by atoms with E-state index in [-0.39, 0.29) is 17.9 Å². The highest BCUT2D eigenvalue weighted by Gasteiger charge is 2.28. The molecule has 5 nitrogen and oxygen atoms in total. The molecule has 32 heavy (non-hydrogen) atoms. The van der Waals surface area contributed by atoms with Crippen LogP contribution in [0, 0.1) is 6.92 Å². The van der Waals surface area contributed by atoms with Crippen molar-refractivity contribution in [3.8, 4) is 0 Å². The van der Waals surface area contributed by atoms with E-state index in [9.17, 15) is 9.59 Å². The highest BCUT2D eigenvalue weighted by molar-refractivity contribution is 5.90. The Bertz CT molecular complexity index is 1060. The monoisotopic (exact) mass is 427 g/mol. The van der Waals surface area contributed by atoms with E-state index in [0.29, 0.717) is 25.9 Å². The normalized spacial score (nSPS) is 16.0. The molecular formula is C27H29N3O2. The summed E-state index contributed by atoms with van der Waals surface area (Å²) < 4.78 is 0. The van der Waals surface area contributed by atoms with Gasteiger partial charge in [-0.25, -0.2) is 0 Å². The minimum absolute atomic E-state index is 0.147. The van der Waals surface area contributed by atoms with Crippen molar-refractivity contribution in [2.75, 3.05) is 0 Å². The first-order valence-corrected chi connectivity index (χ1v) is 11.1. The lowest BCUT2D eigenvalue weighted by Gasteiger charge is -2.27. The Morgan fingerprint density at radius 2 is 1.59 bits per heavy atom. The molecule has 0 aliphatic carbocycles. The maximum Gasteiger partial charge on any atom is 0.243 e. The first-order chi connectivity index (χ1) is 15.6. The largest absolute Gasteiger partial charge is 0.350 e. The molecule has 0 saturated heterocycles. The smallest absolute Gasteiger partial charge is 0.243 e. The van der Waals surface area contributed by atoms with Gasteiger partial charge >= 0.3 is 0 Å². The Labute approximate surface area is 189 Å². The molecule has 0 spiro atoms. The highest BCUT2D eigenvalue weighted by Crippen LogP contribution is 2.16. The van der Waals surface area contributed by atoms with Crippen molar-refractivity contribution in [3.05, 3.63) is 107 Å². The van der Waals surface area contributed by atoms with Crippen LogP contribution in [0.1, 0.15) is 27.8 Å².